The van der Waals surface area contributed by atoms with E-state index in [1.54, 1.807) is 12.1 Å². The number of carbonyl (C=O) groups is 1. The molecule has 1 aromatic rings. The number of nitrogens with one attached hydrogen (secondary N) is 1. The number of hydrogen-bond donors (Lipinski definition) is 2. The lowest BCUT2D eigenvalue weighted by molar-refractivity contribution is -0.126. The van der Waals surface area contributed by atoms with Gasteiger partial charge in [0.2, 0.25) is 15.9 Å². The normalized spacial score (nSPS) is 19.9. The Kier molecular flexibility index (Phi) is 6.23. The van der Waals surface area contributed by atoms with Crippen LogP contribution in [0.3, 0.4) is 0 Å². The van der Waals surface area contributed by atoms with Gasteiger partial charge >= 0.3 is 0 Å². The fourth-order valence-electron chi connectivity index (χ4n) is 3.23. The van der Waals surface area contributed by atoms with Gasteiger partial charge in [0.1, 0.15) is 0 Å². The van der Waals surface area contributed by atoms with Gasteiger partial charge in [-0.25, -0.2) is 8.42 Å². The molecule has 2 aliphatic rings. The van der Waals surface area contributed by atoms with Crippen molar-refractivity contribution < 1.29 is 22.7 Å². The van der Waals surface area contributed by atoms with Crippen molar-refractivity contribution in [3.63, 3.8) is 0 Å². The molecule has 1 saturated heterocycles. The lowest BCUT2D eigenvalue weighted by Crippen LogP contribution is -2.46. The van der Waals surface area contributed by atoms with Crippen LogP contribution in [0.5, 0.6) is 11.5 Å². The number of sulfonamides is 1. The molecule has 1 amide bonds. The summed E-state index contributed by atoms with van der Waals surface area (Å²) in [7, 11) is -3.64. The second-order valence-electron chi connectivity index (χ2n) is 6.98. The molecule has 1 fully saturated rings. The fourth-order valence-corrected chi connectivity index (χ4v) is 4.72. The van der Waals surface area contributed by atoms with Crippen LogP contribution in [0.1, 0.15) is 26.2 Å². The summed E-state index contributed by atoms with van der Waals surface area (Å²) in [5, 5.41) is 2.86. The van der Waals surface area contributed by atoms with E-state index >= 15 is 0 Å². The molecule has 0 aromatic heterocycles. The maximum Gasteiger partial charge on any atom is 0.243 e. The molecule has 1 aromatic carbocycles. The molecule has 2 aliphatic heterocycles. The minimum atomic E-state index is -3.64. The SMILES string of the molecule is C[C@@H](CN)NC(=O)C1CCN(S(=O)(=O)c2ccc3c(c2)OCCCO3)CC1. The van der Waals surface area contributed by atoms with Crippen LogP contribution in [0, 0.1) is 5.92 Å². The van der Waals surface area contributed by atoms with Gasteiger partial charge in [-0.3, -0.25) is 4.79 Å². The molecule has 8 nitrogen and oxygen atoms in total. The van der Waals surface area contributed by atoms with Gasteiger partial charge in [-0.15, -0.1) is 0 Å². The molecule has 150 valence electrons. The average Bonchev–Trinajstić information content (AvgIpc) is 2.92. The van der Waals surface area contributed by atoms with Crippen LogP contribution < -0.4 is 20.5 Å². The number of nitrogens with zero attached hydrogens (tertiary/aromatic N) is 1. The summed E-state index contributed by atoms with van der Waals surface area (Å²) in [6.45, 7) is 3.90. The van der Waals surface area contributed by atoms with E-state index < -0.39 is 10.0 Å². The number of rotatable bonds is 5. The van der Waals surface area contributed by atoms with E-state index in [4.69, 9.17) is 15.2 Å². The Morgan fingerprint density at radius 2 is 1.93 bits per heavy atom. The number of hydrogen-bond acceptors (Lipinski definition) is 6. The van der Waals surface area contributed by atoms with Gasteiger partial charge in [-0.2, -0.15) is 4.31 Å². The molecule has 0 bridgehead atoms. The van der Waals surface area contributed by atoms with Crippen LogP contribution in [-0.4, -0.2) is 57.5 Å². The standard InChI is InChI=1S/C18H27N3O5S/c1-13(12-19)20-18(22)14-5-7-21(8-6-14)27(23,24)15-3-4-16-17(11-15)26-10-2-9-25-16/h3-4,11,13-14H,2,5-10,12,19H2,1H3,(H,20,22)/t13-/m0/s1. The molecule has 3 rings (SSSR count). The van der Waals surface area contributed by atoms with Crippen LogP contribution in [0.4, 0.5) is 0 Å². The van der Waals surface area contributed by atoms with Crippen molar-refractivity contribution >= 4 is 15.9 Å². The second kappa shape index (κ2) is 8.45. The Morgan fingerprint density at radius 3 is 2.59 bits per heavy atom. The highest BCUT2D eigenvalue weighted by atomic mass is 32.2. The average molecular weight is 397 g/mol. The molecule has 1 atom stereocenters. The number of nitrogens with two attached hydrogens (primary N) is 1. The molecule has 0 spiro atoms. The molecule has 3 N–H and O–H groups in total. The molecule has 0 radical (unpaired) electrons. The van der Waals surface area contributed by atoms with Crippen molar-refractivity contribution in [2.75, 3.05) is 32.8 Å². The van der Waals surface area contributed by atoms with Gasteiger partial charge in [0.25, 0.3) is 0 Å². The summed E-state index contributed by atoms with van der Waals surface area (Å²) in [6.07, 6.45) is 1.74. The molecular weight excluding hydrogens is 370 g/mol. The first kappa shape index (κ1) is 19.9. The van der Waals surface area contributed by atoms with Crippen molar-refractivity contribution in [3.8, 4) is 11.5 Å². The van der Waals surface area contributed by atoms with Crippen molar-refractivity contribution in [2.24, 2.45) is 11.7 Å². The lowest BCUT2D eigenvalue weighted by Gasteiger charge is -2.31. The highest BCUT2D eigenvalue weighted by Gasteiger charge is 2.33. The molecular formula is C18H27N3O5S. The minimum Gasteiger partial charge on any atom is -0.490 e. The molecule has 2 heterocycles. The Morgan fingerprint density at radius 1 is 1.26 bits per heavy atom. The zero-order valence-corrected chi connectivity index (χ0v) is 16.3. The van der Waals surface area contributed by atoms with E-state index in [0.717, 1.165) is 6.42 Å². The van der Waals surface area contributed by atoms with Crippen molar-refractivity contribution in [3.05, 3.63) is 18.2 Å². The smallest absolute Gasteiger partial charge is 0.243 e. The minimum absolute atomic E-state index is 0.0550. The monoisotopic (exact) mass is 397 g/mol. The number of amides is 1. The number of benzene rings is 1. The summed E-state index contributed by atoms with van der Waals surface area (Å²) in [6, 6.07) is 4.63. The first-order valence-electron chi connectivity index (χ1n) is 9.32. The molecule has 9 heteroatoms. The van der Waals surface area contributed by atoms with Gasteiger partial charge in [0.05, 0.1) is 18.1 Å². The van der Waals surface area contributed by atoms with E-state index in [-0.39, 0.29) is 22.8 Å². The number of ether oxygens (including phenoxy) is 2. The van der Waals surface area contributed by atoms with E-state index in [2.05, 4.69) is 5.32 Å². The maximum atomic E-state index is 13.0. The summed E-state index contributed by atoms with van der Waals surface area (Å²) in [5.41, 5.74) is 5.53. The van der Waals surface area contributed by atoms with E-state index in [9.17, 15) is 13.2 Å². The third-order valence-electron chi connectivity index (χ3n) is 4.92. The molecule has 0 aliphatic carbocycles. The van der Waals surface area contributed by atoms with Crippen LogP contribution >= 0.6 is 0 Å². The number of piperidine rings is 1. The van der Waals surface area contributed by atoms with E-state index in [1.807, 2.05) is 6.92 Å². The third kappa shape index (κ3) is 4.53. The highest BCUT2D eigenvalue weighted by Crippen LogP contribution is 2.33. The fraction of sp³-hybridized carbons (Fsp3) is 0.611. The summed E-state index contributed by atoms with van der Waals surface area (Å²) in [4.78, 5) is 12.4. The Hall–Kier alpha value is -1.84. The quantitative estimate of drug-likeness (QED) is 0.757. The van der Waals surface area contributed by atoms with Gasteiger partial charge in [-0.05, 0) is 31.9 Å². The molecule has 0 saturated carbocycles. The highest BCUT2D eigenvalue weighted by molar-refractivity contribution is 7.89. The van der Waals surface area contributed by atoms with Crippen LogP contribution in [0.25, 0.3) is 0 Å². The number of carbonyl (C=O) groups excluding carboxylic acids is 1. The predicted octanol–water partition coefficient (Wildman–Crippen LogP) is 0.712. The largest absolute Gasteiger partial charge is 0.490 e. The second-order valence-corrected chi connectivity index (χ2v) is 8.92. The molecule has 0 unspecified atom stereocenters. The Balaban J connectivity index is 1.67. The topological polar surface area (TPSA) is 111 Å². The molecule has 27 heavy (non-hydrogen) atoms. The summed E-state index contributed by atoms with van der Waals surface area (Å²) >= 11 is 0. The van der Waals surface area contributed by atoms with Gasteiger partial charge in [-0.1, -0.05) is 0 Å². The summed E-state index contributed by atoms with van der Waals surface area (Å²) < 4.78 is 38.5. The zero-order valence-electron chi connectivity index (χ0n) is 15.5. The Bertz CT molecular complexity index is 775. The van der Waals surface area contributed by atoms with Crippen molar-refractivity contribution in [2.45, 2.75) is 37.1 Å². The van der Waals surface area contributed by atoms with Gasteiger partial charge in [0.15, 0.2) is 11.5 Å². The zero-order chi connectivity index (χ0) is 19.4. The van der Waals surface area contributed by atoms with Gasteiger partial charge < -0.3 is 20.5 Å². The summed E-state index contributed by atoms with van der Waals surface area (Å²) in [5.74, 6) is 0.782. The first-order chi connectivity index (χ1) is 12.9. The van der Waals surface area contributed by atoms with Crippen LogP contribution in [0.2, 0.25) is 0 Å². The number of fused-ring (bicyclic) bond motifs is 1. The van der Waals surface area contributed by atoms with Crippen molar-refractivity contribution in [1.29, 1.82) is 0 Å². The van der Waals surface area contributed by atoms with Crippen molar-refractivity contribution in [1.82, 2.24) is 9.62 Å². The predicted molar refractivity (Wildman–Crippen MR) is 100 cm³/mol. The van der Waals surface area contributed by atoms with Crippen LogP contribution in [0.15, 0.2) is 23.1 Å². The first-order valence-corrected chi connectivity index (χ1v) is 10.8. The maximum absolute atomic E-state index is 13.0. The van der Waals surface area contributed by atoms with E-state index in [1.165, 1.54) is 10.4 Å². The Labute approximate surface area is 160 Å². The lowest BCUT2D eigenvalue weighted by atomic mass is 9.97. The van der Waals surface area contributed by atoms with Crippen LogP contribution in [-0.2, 0) is 14.8 Å². The van der Waals surface area contributed by atoms with Gasteiger partial charge in [0, 0.05) is 44.1 Å². The van der Waals surface area contributed by atoms with E-state index in [0.29, 0.717) is 57.2 Å². The third-order valence-corrected chi connectivity index (χ3v) is 6.82.